The van der Waals surface area contributed by atoms with Crippen LogP contribution in [0.15, 0.2) is 29.2 Å². The minimum absolute atomic E-state index is 0.164. The predicted molar refractivity (Wildman–Crippen MR) is 81.3 cm³/mol. The zero-order chi connectivity index (χ0) is 15.7. The second-order valence-corrected chi connectivity index (χ2v) is 7.39. The molecule has 1 aliphatic rings. The third kappa shape index (κ3) is 3.81. The Labute approximate surface area is 125 Å². The van der Waals surface area contributed by atoms with Crippen LogP contribution in [0, 0.1) is 5.92 Å². The molecule has 1 aromatic rings. The molecule has 21 heavy (non-hydrogen) atoms. The third-order valence-electron chi connectivity index (χ3n) is 3.75. The molecule has 6 nitrogen and oxygen atoms in total. The highest BCUT2D eigenvalue weighted by atomic mass is 32.2. The van der Waals surface area contributed by atoms with Gasteiger partial charge in [-0.3, -0.25) is 4.79 Å². The largest absolute Gasteiger partial charge is 0.329 e. The van der Waals surface area contributed by atoms with Crippen molar-refractivity contribution in [3.05, 3.63) is 24.3 Å². The SMILES string of the molecule is CC(=O)Nc1ccc(S(=O)(=O)NC(C)(CN)C2CC2)cc1. The van der Waals surface area contributed by atoms with Gasteiger partial charge in [-0.05, 0) is 49.9 Å². The molecule has 1 amide bonds. The van der Waals surface area contributed by atoms with E-state index < -0.39 is 15.6 Å². The van der Waals surface area contributed by atoms with E-state index in [1.165, 1.54) is 19.1 Å². The van der Waals surface area contributed by atoms with Crippen LogP contribution in [-0.4, -0.2) is 26.4 Å². The zero-order valence-electron chi connectivity index (χ0n) is 12.2. The average Bonchev–Trinajstić information content (AvgIpc) is 3.22. The number of hydrogen-bond donors (Lipinski definition) is 3. The van der Waals surface area contributed by atoms with E-state index in [0.29, 0.717) is 11.6 Å². The molecule has 2 rings (SSSR count). The van der Waals surface area contributed by atoms with E-state index in [1.54, 1.807) is 12.1 Å². The van der Waals surface area contributed by atoms with Crippen LogP contribution >= 0.6 is 0 Å². The fourth-order valence-corrected chi connectivity index (χ4v) is 3.77. The van der Waals surface area contributed by atoms with Gasteiger partial charge in [-0.2, -0.15) is 0 Å². The van der Waals surface area contributed by atoms with E-state index in [-0.39, 0.29) is 17.3 Å². The summed E-state index contributed by atoms with van der Waals surface area (Å²) in [7, 11) is -3.62. The Morgan fingerprint density at radius 2 is 1.90 bits per heavy atom. The lowest BCUT2D eigenvalue weighted by Gasteiger charge is -2.29. The average molecular weight is 311 g/mol. The minimum Gasteiger partial charge on any atom is -0.329 e. The van der Waals surface area contributed by atoms with Gasteiger partial charge in [-0.1, -0.05) is 0 Å². The van der Waals surface area contributed by atoms with Gasteiger partial charge in [0, 0.05) is 24.7 Å². The van der Waals surface area contributed by atoms with Crippen LogP contribution in [0.3, 0.4) is 0 Å². The number of carbonyl (C=O) groups excluding carboxylic acids is 1. The van der Waals surface area contributed by atoms with Gasteiger partial charge in [0.15, 0.2) is 0 Å². The summed E-state index contributed by atoms with van der Waals surface area (Å²) >= 11 is 0. The molecule has 1 saturated carbocycles. The number of rotatable bonds is 6. The molecule has 116 valence electrons. The van der Waals surface area contributed by atoms with Gasteiger partial charge in [0.1, 0.15) is 0 Å². The van der Waals surface area contributed by atoms with E-state index in [1.807, 2.05) is 6.92 Å². The summed E-state index contributed by atoms with van der Waals surface area (Å²) in [5.74, 6) is 0.101. The van der Waals surface area contributed by atoms with Crippen molar-refractivity contribution in [2.24, 2.45) is 11.7 Å². The van der Waals surface area contributed by atoms with Crippen LogP contribution in [0.1, 0.15) is 26.7 Å². The molecule has 0 bridgehead atoms. The van der Waals surface area contributed by atoms with Crippen molar-refractivity contribution in [3.8, 4) is 0 Å². The lowest BCUT2D eigenvalue weighted by Crippen LogP contribution is -2.52. The van der Waals surface area contributed by atoms with E-state index >= 15 is 0 Å². The summed E-state index contributed by atoms with van der Waals surface area (Å²) in [5.41, 5.74) is 5.70. The fraction of sp³-hybridized carbons (Fsp3) is 0.500. The van der Waals surface area contributed by atoms with Crippen LogP contribution in [-0.2, 0) is 14.8 Å². The maximum absolute atomic E-state index is 12.4. The first-order valence-corrected chi connectivity index (χ1v) is 8.37. The fourth-order valence-electron chi connectivity index (χ4n) is 2.30. The Morgan fingerprint density at radius 1 is 1.33 bits per heavy atom. The Bertz CT molecular complexity index is 623. The molecule has 1 atom stereocenters. The van der Waals surface area contributed by atoms with E-state index in [9.17, 15) is 13.2 Å². The number of carbonyl (C=O) groups is 1. The van der Waals surface area contributed by atoms with Gasteiger partial charge in [-0.15, -0.1) is 0 Å². The summed E-state index contributed by atoms with van der Waals surface area (Å²) in [4.78, 5) is 11.1. The van der Waals surface area contributed by atoms with E-state index in [2.05, 4.69) is 10.0 Å². The standard InChI is InChI=1S/C14H21N3O3S/c1-10(18)16-12-5-7-13(8-6-12)21(19,20)17-14(2,9-15)11-3-4-11/h5-8,11,17H,3-4,9,15H2,1-2H3,(H,16,18). The summed E-state index contributed by atoms with van der Waals surface area (Å²) < 4.78 is 27.6. The molecule has 1 aromatic carbocycles. The van der Waals surface area contributed by atoms with Gasteiger partial charge in [0.05, 0.1) is 4.90 Å². The van der Waals surface area contributed by atoms with Gasteiger partial charge < -0.3 is 11.1 Å². The first-order valence-electron chi connectivity index (χ1n) is 6.88. The summed E-state index contributed by atoms with van der Waals surface area (Å²) in [6.07, 6.45) is 2.00. The lowest BCUT2D eigenvalue weighted by molar-refractivity contribution is -0.114. The van der Waals surface area contributed by atoms with Crippen molar-refractivity contribution in [1.29, 1.82) is 0 Å². The number of amides is 1. The Kier molecular flexibility index (Phi) is 4.36. The highest BCUT2D eigenvalue weighted by Gasteiger charge is 2.43. The van der Waals surface area contributed by atoms with Crippen LogP contribution in [0.4, 0.5) is 5.69 Å². The van der Waals surface area contributed by atoms with Crippen LogP contribution in [0.2, 0.25) is 0 Å². The smallest absolute Gasteiger partial charge is 0.241 e. The lowest BCUT2D eigenvalue weighted by atomic mass is 9.98. The molecule has 0 spiro atoms. The molecule has 0 saturated heterocycles. The number of benzene rings is 1. The van der Waals surface area contributed by atoms with E-state index in [4.69, 9.17) is 5.73 Å². The first-order chi connectivity index (χ1) is 9.77. The number of nitrogens with one attached hydrogen (secondary N) is 2. The molecular formula is C14H21N3O3S. The molecule has 7 heteroatoms. The molecule has 1 aliphatic carbocycles. The highest BCUT2D eigenvalue weighted by Crippen LogP contribution is 2.39. The first kappa shape index (κ1) is 15.9. The predicted octanol–water partition coefficient (Wildman–Crippen LogP) is 1.05. The second kappa shape index (κ2) is 5.75. The van der Waals surface area contributed by atoms with Gasteiger partial charge in [-0.25, -0.2) is 13.1 Å². The summed E-state index contributed by atoms with van der Waals surface area (Å²) in [6, 6.07) is 6.06. The Hall–Kier alpha value is -1.44. The topological polar surface area (TPSA) is 101 Å². The van der Waals surface area contributed by atoms with Crippen LogP contribution < -0.4 is 15.8 Å². The van der Waals surface area contributed by atoms with Crippen molar-refractivity contribution in [3.63, 3.8) is 0 Å². The van der Waals surface area contributed by atoms with Crippen LogP contribution in [0.25, 0.3) is 0 Å². The van der Waals surface area contributed by atoms with Crippen molar-refractivity contribution < 1.29 is 13.2 Å². The number of nitrogens with two attached hydrogens (primary N) is 1. The van der Waals surface area contributed by atoms with Crippen molar-refractivity contribution in [2.75, 3.05) is 11.9 Å². The number of hydrogen-bond acceptors (Lipinski definition) is 4. The monoisotopic (exact) mass is 311 g/mol. The Balaban J connectivity index is 2.17. The van der Waals surface area contributed by atoms with Gasteiger partial charge in [0.25, 0.3) is 0 Å². The second-order valence-electron chi connectivity index (χ2n) is 5.71. The molecule has 0 aliphatic heterocycles. The van der Waals surface area contributed by atoms with E-state index in [0.717, 1.165) is 12.8 Å². The molecule has 0 aromatic heterocycles. The maximum atomic E-state index is 12.4. The molecule has 0 heterocycles. The third-order valence-corrected chi connectivity index (χ3v) is 5.38. The normalized spacial score (nSPS) is 18.0. The molecule has 0 radical (unpaired) electrons. The van der Waals surface area contributed by atoms with Crippen molar-refractivity contribution in [1.82, 2.24) is 4.72 Å². The molecule has 4 N–H and O–H groups in total. The van der Waals surface area contributed by atoms with Crippen molar-refractivity contribution in [2.45, 2.75) is 37.1 Å². The highest BCUT2D eigenvalue weighted by molar-refractivity contribution is 7.89. The molecule has 1 fully saturated rings. The quantitative estimate of drug-likeness (QED) is 0.731. The Morgan fingerprint density at radius 3 is 2.33 bits per heavy atom. The number of sulfonamides is 1. The summed E-state index contributed by atoms with van der Waals surface area (Å²) in [6.45, 7) is 3.50. The van der Waals surface area contributed by atoms with Gasteiger partial charge >= 0.3 is 0 Å². The van der Waals surface area contributed by atoms with Gasteiger partial charge in [0.2, 0.25) is 15.9 Å². The number of anilines is 1. The molecule has 1 unspecified atom stereocenters. The zero-order valence-corrected chi connectivity index (χ0v) is 13.0. The maximum Gasteiger partial charge on any atom is 0.241 e. The molecular weight excluding hydrogens is 290 g/mol. The minimum atomic E-state index is -3.62. The summed E-state index contributed by atoms with van der Waals surface area (Å²) in [5, 5.41) is 2.60. The van der Waals surface area contributed by atoms with Crippen LogP contribution in [0.5, 0.6) is 0 Å². The van der Waals surface area contributed by atoms with Crippen molar-refractivity contribution >= 4 is 21.6 Å².